The number of hydrogen-bond donors (Lipinski definition) is 3. The van der Waals surface area contributed by atoms with Gasteiger partial charge in [0, 0.05) is 36.2 Å². The number of thiocarbonyl (C=S) groups is 1. The minimum atomic E-state index is -0.975. The molecule has 1 fully saturated rings. The number of carboxylic acids is 1. The molecule has 10 heteroatoms. The Bertz CT molecular complexity index is 1650. The Labute approximate surface area is 250 Å². The Balaban J connectivity index is 1.50. The number of hydrogen-bond acceptors (Lipinski definition) is 5. The van der Waals surface area contributed by atoms with Gasteiger partial charge in [0.1, 0.15) is 5.75 Å². The fourth-order valence-corrected chi connectivity index (χ4v) is 5.94. The Morgan fingerprint density at radius 3 is 2.55 bits per heavy atom. The molecular formula is C32H33N5O4S. The van der Waals surface area contributed by atoms with Crippen molar-refractivity contribution in [3.05, 3.63) is 107 Å². The Morgan fingerprint density at radius 2 is 1.83 bits per heavy atom. The van der Waals surface area contributed by atoms with Crippen LogP contribution in [-0.2, 0) is 4.79 Å². The summed E-state index contributed by atoms with van der Waals surface area (Å²) in [5.41, 5.74) is 6.36. The molecule has 1 amide bonds. The van der Waals surface area contributed by atoms with Gasteiger partial charge in [-0.2, -0.15) is 0 Å². The van der Waals surface area contributed by atoms with Crippen LogP contribution in [0.5, 0.6) is 5.75 Å². The highest BCUT2D eigenvalue weighted by molar-refractivity contribution is 7.80. The third kappa shape index (κ3) is 5.58. The van der Waals surface area contributed by atoms with Gasteiger partial charge in [-0.15, -0.1) is 0 Å². The fourth-order valence-electron chi connectivity index (χ4n) is 5.61. The van der Waals surface area contributed by atoms with E-state index in [1.54, 1.807) is 37.6 Å². The second-order valence-corrected chi connectivity index (χ2v) is 10.7. The molecule has 216 valence electrons. The van der Waals surface area contributed by atoms with Gasteiger partial charge in [-0.3, -0.25) is 9.78 Å². The van der Waals surface area contributed by atoms with E-state index >= 15 is 0 Å². The SMILES string of the molecule is COc1ccccc1NC(=O)CCN1C(=S)N[C@H](c2ccccn2)[C@@H]1c1cc(C)n(-c2cc(C(=O)O)ccc2C)c1C. The van der Waals surface area contributed by atoms with Crippen LogP contribution >= 0.6 is 12.2 Å². The van der Waals surface area contributed by atoms with Gasteiger partial charge in [-0.05, 0) is 86.6 Å². The molecule has 1 aliphatic rings. The van der Waals surface area contributed by atoms with Crippen LogP contribution in [0.4, 0.5) is 5.69 Å². The van der Waals surface area contributed by atoms with E-state index in [0.29, 0.717) is 23.1 Å². The van der Waals surface area contributed by atoms with Crippen molar-refractivity contribution in [3.63, 3.8) is 0 Å². The first-order chi connectivity index (χ1) is 20.2. The first-order valence-electron chi connectivity index (χ1n) is 13.6. The van der Waals surface area contributed by atoms with Crippen LogP contribution < -0.4 is 15.4 Å². The van der Waals surface area contributed by atoms with E-state index < -0.39 is 5.97 Å². The van der Waals surface area contributed by atoms with Crippen molar-refractivity contribution in [3.8, 4) is 11.4 Å². The third-order valence-corrected chi connectivity index (χ3v) is 8.00. The number of nitrogens with one attached hydrogen (secondary N) is 2. The maximum absolute atomic E-state index is 13.1. The van der Waals surface area contributed by atoms with Gasteiger partial charge < -0.3 is 29.9 Å². The summed E-state index contributed by atoms with van der Waals surface area (Å²) >= 11 is 5.82. The van der Waals surface area contributed by atoms with E-state index in [1.165, 1.54) is 0 Å². The average Bonchev–Trinajstić information content (AvgIpc) is 3.46. The van der Waals surface area contributed by atoms with Crippen molar-refractivity contribution >= 4 is 34.9 Å². The lowest BCUT2D eigenvalue weighted by molar-refractivity contribution is -0.116. The number of methoxy groups -OCH3 is 1. The number of pyridine rings is 1. The van der Waals surface area contributed by atoms with Crippen LogP contribution in [0.15, 0.2) is 72.9 Å². The Morgan fingerprint density at radius 1 is 1.07 bits per heavy atom. The van der Waals surface area contributed by atoms with Gasteiger partial charge in [0.05, 0.1) is 36.1 Å². The molecule has 3 N–H and O–H groups in total. The van der Waals surface area contributed by atoms with Crippen LogP contribution in [0.25, 0.3) is 5.69 Å². The second kappa shape index (κ2) is 12.0. The Kier molecular flexibility index (Phi) is 8.26. The summed E-state index contributed by atoms with van der Waals surface area (Å²) in [6.07, 6.45) is 1.95. The molecule has 0 bridgehead atoms. The monoisotopic (exact) mass is 583 g/mol. The molecule has 0 aliphatic carbocycles. The minimum absolute atomic E-state index is 0.158. The molecule has 3 heterocycles. The number of carbonyl (C=O) groups excluding carboxylic acids is 1. The number of aryl methyl sites for hydroxylation is 2. The van der Waals surface area contributed by atoms with Crippen LogP contribution in [0.1, 0.15) is 57.1 Å². The van der Waals surface area contributed by atoms with E-state index in [0.717, 1.165) is 33.9 Å². The van der Waals surface area contributed by atoms with E-state index in [4.69, 9.17) is 17.0 Å². The summed E-state index contributed by atoms with van der Waals surface area (Å²) < 4.78 is 7.46. The number of para-hydroxylation sites is 2. The first kappa shape index (κ1) is 28.8. The first-order valence-corrected chi connectivity index (χ1v) is 14.0. The number of amides is 1. The highest BCUT2D eigenvalue weighted by Gasteiger charge is 2.41. The molecule has 0 spiro atoms. The van der Waals surface area contributed by atoms with E-state index in [1.807, 2.05) is 62.1 Å². The van der Waals surface area contributed by atoms with Crippen LogP contribution in [0.2, 0.25) is 0 Å². The smallest absolute Gasteiger partial charge is 0.335 e. The summed E-state index contributed by atoms with van der Waals surface area (Å²) in [6, 6.07) is 19.8. The number of carboxylic acid groups (broad SMARTS) is 1. The van der Waals surface area contributed by atoms with Gasteiger partial charge in [0.2, 0.25) is 5.91 Å². The van der Waals surface area contributed by atoms with Crippen molar-refractivity contribution in [2.75, 3.05) is 19.0 Å². The average molecular weight is 584 g/mol. The largest absolute Gasteiger partial charge is 0.495 e. The highest BCUT2D eigenvalue weighted by atomic mass is 32.1. The van der Waals surface area contributed by atoms with Crippen molar-refractivity contribution in [1.82, 2.24) is 19.8 Å². The summed E-state index contributed by atoms with van der Waals surface area (Å²) in [7, 11) is 1.57. The molecule has 1 aliphatic heterocycles. The summed E-state index contributed by atoms with van der Waals surface area (Å²) in [4.78, 5) is 31.5. The number of aromatic nitrogens is 2. The number of ether oxygens (including phenoxy) is 1. The highest BCUT2D eigenvalue weighted by Crippen LogP contribution is 2.41. The topological polar surface area (TPSA) is 109 Å². The Hall–Kier alpha value is -4.70. The van der Waals surface area contributed by atoms with Crippen molar-refractivity contribution in [2.24, 2.45) is 0 Å². The number of carbonyl (C=O) groups is 2. The molecule has 0 unspecified atom stereocenters. The predicted molar refractivity (Wildman–Crippen MR) is 165 cm³/mol. The molecule has 2 atom stereocenters. The number of rotatable bonds is 9. The number of anilines is 1. The molecule has 42 heavy (non-hydrogen) atoms. The van der Waals surface area contributed by atoms with Gasteiger partial charge in [-0.1, -0.05) is 24.3 Å². The number of benzene rings is 2. The standard InChI is InChI=1S/C32H33N5O4S/c1-19-12-13-22(31(39)40)18-26(19)37-20(2)17-23(21(37)3)30-29(25-10-7-8-15-33-25)35-32(42)36(30)16-14-28(38)34-24-9-5-6-11-27(24)41-4/h5-13,15,17-18,29-30H,14,16H2,1-4H3,(H,34,38)(H,35,42)(H,39,40)/t29-,30+/m1/s1. The molecule has 9 nitrogen and oxygen atoms in total. The van der Waals surface area contributed by atoms with Gasteiger partial charge in [0.15, 0.2) is 5.11 Å². The molecule has 1 saturated heterocycles. The normalized spacial score (nSPS) is 16.3. The van der Waals surface area contributed by atoms with Gasteiger partial charge in [0.25, 0.3) is 0 Å². The molecule has 5 rings (SSSR count). The molecule has 0 saturated carbocycles. The van der Waals surface area contributed by atoms with Crippen molar-refractivity contribution < 1.29 is 19.4 Å². The van der Waals surface area contributed by atoms with Gasteiger partial charge in [-0.25, -0.2) is 4.79 Å². The van der Waals surface area contributed by atoms with E-state index in [-0.39, 0.29) is 30.0 Å². The summed E-state index contributed by atoms with van der Waals surface area (Å²) in [6.45, 7) is 6.37. The molecule has 0 radical (unpaired) electrons. The molecule has 2 aromatic heterocycles. The zero-order valence-corrected chi connectivity index (χ0v) is 24.7. The molecular weight excluding hydrogens is 550 g/mol. The number of aromatic carboxylic acids is 1. The number of nitrogens with zero attached hydrogens (tertiary/aromatic N) is 3. The summed E-state index contributed by atoms with van der Waals surface area (Å²) in [5.74, 6) is -0.544. The van der Waals surface area contributed by atoms with Crippen LogP contribution in [-0.4, -0.2) is 50.2 Å². The maximum atomic E-state index is 13.1. The van der Waals surface area contributed by atoms with Crippen molar-refractivity contribution in [1.29, 1.82) is 0 Å². The molecule has 4 aromatic rings. The lowest BCUT2D eigenvalue weighted by Crippen LogP contribution is -2.33. The lowest BCUT2D eigenvalue weighted by Gasteiger charge is -2.28. The van der Waals surface area contributed by atoms with Gasteiger partial charge >= 0.3 is 5.97 Å². The third-order valence-electron chi connectivity index (χ3n) is 7.64. The van der Waals surface area contributed by atoms with Crippen LogP contribution in [0, 0.1) is 20.8 Å². The second-order valence-electron chi connectivity index (χ2n) is 10.3. The maximum Gasteiger partial charge on any atom is 0.335 e. The zero-order valence-electron chi connectivity index (χ0n) is 23.9. The van der Waals surface area contributed by atoms with Crippen molar-refractivity contribution in [2.45, 2.75) is 39.3 Å². The van der Waals surface area contributed by atoms with Crippen LogP contribution in [0.3, 0.4) is 0 Å². The predicted octanol–water partition coefficient (Wildman–Crippen LogP) is 5.51. The quantitative estimate of drug-likeness (QED) is 0.222. The van der Waals surface area contributed by atoms with E-state index in [2.05, 4.69) is 26.3 Å². The van der Waals surface area contributed by atoms with E-state index in [9.17, 15) is 14.7 Å². The minimum Gasteiger partial charge on any atom is -0.495 e. The summed E-state index contributed by atoms with van der Waals surface area (Å²) in [5, 5.41) is 16.6. The fraction of sp³-hybridized carbons (Fsp3) is 0.250. The molecule has 2 aromatic carbocycles. The zero-order chi connectivity index (χ0) is 30.0. The lowest BCUT2D eigenvalue weighted by atomic mass is 9.96.